The van der Waals surface area contributed by atoms with Crippen LogP contribution >= 0.6 is 0 Å². The number of nitrogens with one attached hydrogen (secondary N) is 2. The Morgan fingerprint density at radius 3 is 2.83 bits per heavy atom. The van der Waals surface area contributed by atoms with Gasteiger partial charge in [0.05, 0.1) is 18.3 Å². The van der Waals surface area contributed by atoms with Crippen LogP contribution in [-0.4, -0.2) is 31.3 Å². The maximum absolute atomic E-state index is 12.6. The summed E-state index contributed by atoms with van der Waals surface area (Å²) in [5, 5.41) is 6.90. The van der Waals surface area contributed by atoms with E-state index < -0.39 is 11.9 Å². The van der Waals surface area contributed by atoms with Gasteiger partial charge in [-0.3, -0.25) is 9.48 Å². The fraction of sp³-hybridized carbons (Fsp3) is 0.286. The van der Waals surface area contributed by atoms with Crippen LogP contribution in [0, 0.1) is 6.92 Å². The standard InChI is InChI=1S/C14H13F3N6O/c1-8-6-10(14(15,16)17)22-23(8)5-4-19-12-11-9(2-3-18-12)13(24)21-7-20-11/h2-3,6-7H,4-5H2,1H3,(H,18,19)(H,20,21,24). The molecular weight excluding hydrogens is 325 g/mol. The summed E-state index contributed by atoms with van der Waals surface area (Å²) < 4.78 is 39.2. The quantitative estimate of drug-likeness (QED) is 0.759. The van der Waals surface area contributed by atoms with Crippen LogP contribution in [0.2, 0.25) is 0 Å². The molecule has 0 saturated heterocycles. The van der Waals surface area contributed by atoms with Gasteiger partial charge in [-0.2, -0.15) is 18.3 Å². The first-order chi connectivity index (χ1) is 11.4. The van der Waals surface area contributed by atoms with E-state index in [0.29, 0.717) is 22.4 Å². The molecule has 0 aliphatic rings. The number of hydrogen-bond acceptors (Lipinski definition) is 5. The van der Waals surface area contributed by atoms with E-state index in [2.05, 4.69) is 25.4 Å². The fourth-order valence-corrected chi connectivity index (χ4v) is 2.29. The number of aryl methyl sites for hydroxylation is 1. The number of aromatic nitrogens is 5. The third-order valence-corrected chi connectivity index (χ3v) is 3.45. The second-order valence-corrected chi connectivity index (χ2v) is 5.11. The van der Waals surface area contributed by atoms with Gasteiger partial charge >= 0.3 is 6.18 Å². The van der Waals surface area contributed by atoms with Gasteiger partial charge in [0.1, 0.15) is 5.52 Å². The molecule has 3 aromatic rings. The summed E-state index contributed by atoms with van der Waals surface area (Å²) in [5.74, 6) is 0.388. The zero-order chi connectivity index (χ0) is 17.3. The van der Waals surface area contributed by atoms with Gasteiger partial charge in [-0.15, -0.1) is 0 Å². The number of pyridine rings is 1. The van der Waals surface area contributed by atoms with Gasteiger partial charge in [0.2, 0.25) is 0 Å². The van der Waals surface area contributed by atoms with E-state index in [1.807, 2.05) is 0 Å². The number of fused-ring (bicyclic) bond motifs is 1. The van der Waals surface area contributed by atoms with Gasteiger partial charge < -0.3 is 10.3 Å². The van der Waals surface area contributed by atoms with E-state index in [1.54, 1.807) is 13.0 Å². The average molecular weight is 338 g/mol. The lowest BCUT2D eigenvalue weighted by molar-refractivity contribution is -0.141. The Morgan fingerprint density at radius 1 is 1.33 bits per heavy atom. The first-order valence-corrected chi connectivity index (χ1v) is 7.04. The Kier molecular flexibility index (Phi) is 3.96. The molecule has 3 rings (SSSR count). The molecule has 126 valence electrons. The van der Waals surface area contributed by atoms with Crippen LogP contribution < -0.4 is 10.9 Å². The topological polar surface area (TPSA) is 88.5 Å². The molecule has 0 radical (unpaired) electrons. The lowest BCUT2D eigenvalue weighted by atomic mass is 10.3. The minimum absolute atomic E-state index is 0.211. The van der Waals surface area contributed by atoms with Crippen LogP contribution in [0.1, 0.15) is 11.4 Å². The van der Waals surface area contributed by atoms with Crippen molar-refractivity contribution in [2.24, 2.45) is 0 Å². The molecule has 0 bridgehead atoms. The summed E-state index contributed by atoms with van der Waals surface area (Å²) in [4.78, 5) is 22.3. The molecule has 0 aromatic carbocycles. The minimum atomic E-state index is -4.47. The molecule has 0 amide bonds. The van der Waals surface area contributed by atoms with Gasteiger partial charge in [-0.25, -0.2) is 9.97 Å². The van der Waals surface area contributed by atoms with Crippen molar-refractivity contribution in [1.82, 2.24) is 24.7 Å². The number of anilines is 1. The number of H-pyrrole nitrogens is 1. The van der Waals surface area contributed by atoms with Crippen LogP contribution in [0.4, 0.5) is 19.0 Å². The number of aromatic amines is 1. The second-order valence-electron chi connectivity index (χ2n) is 5.11. The van der Waals surface area contributed by atoms with Crippen molar-refractivity contribution in [3.05, 3.63) is 46.4 Å². The first kappa shape index (κ1) is 16.0. The van der Waals surface area contributed by atoms with Crippen molar-refractivity contribution in [3.63, 3.8) is 0 Å². The monoisotopic (exact) mass is 338 g/mol. The Morgan fingerprint density at radius 2 is 2.12 bits per heavy atom. The molecule has 0 aliphatic carbocycles. The third kappa shape index (κ3) is 3.07. The highest BCUT2D eigenvalue weighted by molar-refractivity contribution is 5.86. The Balaban J connectivity index is 1.75. The molecule has 0 unspecified atom stereocenters. The lowest BCUT2D eigenvalue weighted by Gasteiger charge is -2.09. The van der Waals surface area contributed by atoms with E-state index in [-0.39, 0.29) is 18.6 Å². The van der Waals surface area contributed by atoms with E-state index in [0.717, 1.165) is 6.07 Å². The molecule has 0 spiro atoms. The number of hydrogen-bond donors (Lipinski definition) is 2. The number of nitrogens with zero attached hydrogens (tertiary/aromatic N) is 4. The maximum Gasteiger partial charge on any atom is 0.435 e. The van der Waals surface area contributed by atoms with Crippen molar-refractivity contribution in [2.75, 3.05) is 11.9 Å². The summed E-state index contributed by atoms with van der Waals surface area (Å²) in [6.07, 6.45) is -1.74. The molecule has 24 heavy (non-hydrogen) atoms. The zero-order valence-corrected chi connectivity index (χ0v) is 12.6. The number of rotatable bonds is 4. The van der Waals surface area contributed by atoms with E-state index in [1.165, 1.54) is 17.2 Å². The largest absolute Gasteiger partial charge is 0.435 e. The highest BCUT2D eigenvalue weighted by atomic mass is 19.4. The highest BCUT2D eigenvalue weighted by Crippen LogP contribution is 2.28. The summed E-state index contributed by atoms with van der Waals surface area (Å²) in [6, 6.07) is 2.54. The molecule has 3 aromatic heterocycles. The predicted octanol–water partition coefficient (Wildman–Crippen LogP) is 1.95. The van der Waals surface area contributed by atoms with Gasteiger partial charge in [-0.05, 0) is 19.1 Å². The Labute approximate surface area is 133 Å². The van der Waals surface area contributed by atoms with Crippen molar-refractivity contribution >= 4 is 16.7 Å². The van der Waals surface area contributed by atoms with E-state index in [4.69, 9.17) is 0 Å². The number of halogens is 3. The molecule has 3 heterocycles. The molecule has 7 nitrogen and oxygen atoms in total. The summed E-state index contributed by atoms with van der Waals surface area (Å²) in [6.45, 7) is 2.04. The zero-order valence-electron chi connectivity index (χ0n) is 12.6. The third-order valence-electron chi connectivity index (χ3n) is 3.45. The van der Waals surface area contributed by atoms with Gasteiger partial charge in [0, 0.05) is 18.4 Å². The normalized spacial score (nSPS) is 11.8. The molecular formula is C14H13F3N6O. The van der Waals surface area contributed by atoms with Crippen molar-refractivity contribution in [2.45, 2.75) is 19.6 Å². The fourth-order valence-electron chi connectivity index (χ4n) is 2.29. The van der Waals surface area contributed by atoms with Crippen molar-refractivity contribution in [1.29, 1.82) is 0 Å². The molecule has 2 N–H and O–H groups in total. The van der Waals surface area contributed by atoms with Crippen LogP contribution in [0.5, 0.6) is 0 Å². The predicted molar refractivity (Wildman–Crippen MR) is 80.6 cm³/mol. The Bertz CT molecular complexity index is 930. The number of alkyl halides is 3. The van der Waals surface area contributed by atoms with Crippen molar-refractivity contribution in [3.8, 4) is 0 Å². The van der Waals surface area contributed by atoms with Crippen molar-refractivity contribution < 1.29 is 13.2 Å². The van der Waals surface area contributed by atoms with Crippen LogP contribution in [0.25, 0.3) is 10.9 Å². The molecule has 0 aliphatic heterocycles. The Hall–Kier alpha value is -2.91. The molecule has 0 saturated carbocycles. The van der Waals surface area contributed by atoms with Gasteiger partial charge in [-0.1, -0.05) is 0 Å². The smallest absolute Gasteiger partial charge is 0.366 e. The molecule has 0 fully saturated rings. The van der Waals surface area contributed by atoms with Crippen LogP contribution in [-0.2, 0) is 12.7 Å². The summed E-state index contributed by atoms with van der Waals surface area (Å²) >= 11 is 0. The van der Waals surface area contributed by atoms with Crippen LogP contribution in [0.15, 0.2) is 29.5 Å². The SMILES string of the molecule is Cc1cc(C(F)(F)F)nn1CCNc1nccc2c(=O)[nH]cnc12. The van der Waals surface area contributed by atoms with E-state index >= 15 is 0 Å². The minimum Gasteiger partial charge on any atom is -0.366 e. The van der Waals surface area contributed by atoms with E-state index in [9.17, 15) is 18.0 Å². The average Bonchev–Trinajstić information content (AvgIpc) is 2.90. The first-order valence-electron chi connectivity index (χ1n) is 7.04. The molecule has 0 atom stereocenters. The summed E-state index contributed by atoms with van der Waals surface area (Å²) in [5.41, 5.74) is -0.404. The maximum atomic E-state index is 12.6. The van der Waals surface area contributed by atoms with Gasteiger partial charge in [0.25, 0.3) is 5.56 Å². The highest BCUT2D eigenvalue weighted by Gasteiger charge is 2.34. The van der Waals surface area contributed by atoms with Gasteiger partial charge in [0.15, 0.2) is 11.5 Å². The molecule has 10 heteroatoms. The lowest BCUT2D eigenvalue weighted by Crippen LogP contribution is -2.16. The van der Waals surface area contributed by atoms with Crippen LogP contribution in [0.3, 0.4) is 0 Å². The summed E-state index contributed by atoms with van der Waals surface area (Å²) in [7, 11) is 0. The second kappa shape index (κ2) is 5.95.